The van der Waals surface area contributed by atoms with E-state index in [-0.39, 0.29) is 6.04 Å². The van der Waals surface area contributed by atoms with Crippen molar-refractivity contribution >= 4 is 15.9 Å². The van der Waals surface area contributed by atoms with Crippen LogP contribution < -0.4 is 11.1 Å². The second-order valence-corrected chi connectivity index (χ2v) is 4.81. The van der Waals surface area contributed by atoms with E-state index in [2.05, 4.69) is 21.2 Å². The average molecular weight is 287 g/mol. The predicted molar refractivity (Wildman–Crippen MR) is 70.4 cm³/mol. The van der Waals surface area contributed by atoms with Gasteiger partial charge in [0, 0.05) is 10.5 Å². The molecule has 0 aromatic heterocycles. The summed E-state index contributed by atoms with van der Waals surface area (Å²) in [4.78, 5) is 0. The molecule has 0 saturated carbocycles. The molecule has 4 heteroatoms. The largest absolute Gasteiger partial charge is 0.387 e. The first-order valence-corrected chi connectivity index (χ1v) is 6.20. The van der Waals surface area contributed by atoms with Crippen LogP contribution in [0.5, 0.6) is 0 Å². The van der Waals surface area contributed by atoms with Crippen molar-refractivity contribution in [2.24, 2.45) is 5.73 Å². The Kier molecular flexibility index (Phi) is 5.41. The topological polar surface area (TPSA) is 58.3 Å². The highest BCUT2D eigenvalue weighted by molar-refractivity contribution is 9.10. The number of hydrogen-bond acceptors (Lipinski definition) is 3. The Morgan fingerprint density at radius 3 is 2.81 bits per heavy atom. The van der Waals surface area contributed by atoms with Crippen LogP contribution in [-0.4, -0.2) is 24.7 Å². The molecule has 0 heterocycles. The summed E-state index contributed by atoms with van der Waals surface area (Å²) < 4.78 is 1.00. The van der Waals surface area contributed by atoms with Crippen LogP contribution in [0.2, 0.25) is 0 Å². The number of hydrogen-bond donors (Lipinski definition) is 3. The summed E-state index contributed by atoms with van der Waals surface area (Å²) in [6.45, 7) is 2.79. The van der Waals surface area contributed by atoms with Gasteiger partial charge in [0.25, 0.3) is 0 Å². The summed E-state index contributed by atoms with van der Waals surface area (Å²) in [5.41, 5.74) is 7.90. The van der Waals surface area contributed by atoms with Crippen LogP contribution in [0.4, 0.5) is 0 Å². The lowest BCUT2D eigenvalue weighted by atomic mass is 9.96. The molecule has 0 radical (unpaired) electrons. The molecule has 1 rings (SSSR count). The van der Waals surface area contributed by atoms with Gasteiger partial charge in [-0.2, -0.15) is 0 Å². The molecule has 0 saturated heterocycles. The number of aliphatic hydroxyl groups is 1. The summed E-state index contributed by atoms with van der Waals surface area (Å²) in [6.07, 6.45) is 0.148. The van der Waals surface area contributed by atoms with Gasteiger partial charge in [0.2, 0.25) is 0 Å². The van der Waals surface area contributed by atoms with Crippen LogP contribution in [-0.2, 0) is 0 Å². The van der Waals surface area contributed by atoms with Gasteiger partial charge in [0.15, 0.2) is 0 Å². The van der Waals surface area contributed by atoms with Crippen LogP contribution in [0, 0.1) is 6.92 Å². The summed E-state index contributed by atoms with van der Waals surface area (Å²) >= 11 is 3.45. The zero-order chi connectivity index (χ0) is 12.1. The van der Waals surface area contributed by atoms with Crippen LogP contribution in [0.1, 0.15) is 23.7 Å². The third-order valence-electron chi connectivity index (χ3n) is 2.76. The van der Waals surface area contributed by atoms with Crippen molar-refractivity contribution in [3.8, 4) is 0 Å². The Bertz CT molecular complexity index is 344. The lowest BCUT2D eigenvalue weighted by Crippen LogP contribution is -2.31. The minimum atomic E-state index is -0.606. The lowest BCUT2D eigenvalue weighted by Gasteiger charge is -2.21. The first-order valence-electron chi connectivity index (χ1n) is 5.41. The first kappa shape index (κ1) is 13.6. The monoisotopic (exact) mass is 286 g/mol. The minimum absolute atomic E-state index is 0.236. The smallest absolute Gasteiger partial charge is 0.0944 e. The van der Waals surface area contributed by atoms with E-state index in [1.54, 1.807) is 0 Å². The summed E-state index contributed by atoms with van der Waals surface area (Å²) in [5.74, 6) is 0. The van der Waals surface area contributed by atoms with Crippen molar-refractivity contribution in [1.82, 2.24) is 5.32 Å². The third kappa shape index (κ3) is 3.28. The molecule has 3 nitrogen and oxygen atoms in total. The molecule has 1 aromatic carbocycles. The zero-order valence-corrected chi connectivity index (χ0v) is 11.3. The molecular weight excluding hydrogens is 268 g/mol. The van der Waals surface area contributed by atoms with Gasteiger partial charge in [-0.25, -0.2) is 0 Å². The van der Waals surface area contributed by atoms with E-state index in [9.17, 15) is 5.11 Å². The van der Waals surface area contributed by atoms with Crippen molar-refractivity contribution in [3.05, 3.63) is 33.8 Å². The molecule has 0 fully saturated rings. The van der Waals surface area contributed by atoms with Crippen LogP contribution >= 0.6 is 15.9 Å². The minimum Gasteiger partial charge on any atom is -0.387 e. The fraction of sp³-hybridized carbons (Fsp3) is 0.500. The lowest BCUT2D eigenvalue weighted by molar-refractivity contribution is 0.141. The molecule has 0 aliphatic heterocycles. The summed E-state index contributed by atoms with van der Waals surface area (Å²) in [6, 6.07) is 5.56. The second kappa shape index (κ2) is 6.35. The maximum atomic E-state index is 10.1. The third-order valence-corrected chi connectivity index (χ3v) is 3.62. The van der Waals surface area contributed by atoms with E-state index in [1.807, 2.05) is 32.2 Å². The van der Waals surface area contributed by atoms with Crippen molar-refractivity contribution in [3.63, 3.8) is 0 Å². The van der Waals surface area contributed by atoms with E-state index in [0.29, 0.717) is 0 Å². The fourth-order valence-electron chi connectivity index (χ4n) is 1.64. The number of nitrogens with one attached hydrogen (secondary N) is 1. The number of halogens is 1. The van der Waals surface area contributed by atoms with Gasteiger partial charge < -0.3 is 16.2 Å². The molecule has 16 heavy (non-hydrogen) atoms. The molecule has 0 aliphatic carbocycles. The summed E-state index contributed by atoms with van der Waals surface area (Å²) in [5, 5.41) is 13.2. The van der Waals surface area contributed by atoms with E-state index in [4.69, 9.17) is 5.73 Å². The van der Waals surface area contributed by atoms with Crippen molar-refractivity contribution in [1.29, 1.82) is 0 Å². The number of rotatable bonds is 5. The highest BCUT2D eigenvalue weighted by atomic mass is 79.9. The SMILES string of the molecule is CNCCC(N)C(O)c1cccc(Br)c1C. The molecule has 0 amide bonds. The Morgan fingerprint density at radius 1 is 1.50 bits per heavy atom. The van der Waals surface area contributed by atoms with E-state index >= 15 is 0 Å². The van der Waals surface area contributed by atoms with Crippen LogP contribution in [0.15, 0.2) is 22.7 Å². The predicted octanol–water partition coefficient (Wildman–Crippen LogP) is 1.73. The normalized spacial score (nSPS) is 14.8. The Balaban J connectivity index is 2.79. The van der Waals surface area contributed by atoms with Gasteiger partial charge in [-0.3, -0.25) is 0 Å². The molecule has 4 N–H and O–H groups in total. The number of aliphatic hydroxyl groups excluding tert-OH is 1. The van der Waals surface area contributed by atoms with Gasteiger partial charge >= 0.3 is 0 Å². The highest BCUT2D eigenvalue weighted by Gasteiger charge is 2.18. The quantitative estimate of drug-likeness (QED) is 0.773. The van der Waals surface area contributed by atoms with Gasteiger partial charge in [0.05, 0.1) is 6.10 Å². The standard InChI is InChI=1S/C12H19BrN2O/c1-8-9(4-3-5-10(8)13)12(16)11(14)6-7-15-2/h3-5,11-12,15-16H,6-7,14H2,1-2H3. The highest BCUT2D eigenvalue weighted by Crippen LogP contribution is 2.26. The molecule has 1 aromatic rings. The maximum absolute atomic E-state index is 10.1. The Labute approximate surface area is 105 Å². The van der Waals surface area contributed by atoms with Crippen molar-refractivity contribution in [2.45, 2.75) is 25.5 Å². The van der Waals surface area contributed by atoms with E-state index in [1.165, 1.54) is 0 Å². The first-order chi connectivity index (χ1) is 7.57. The second-order valence-electron chi connectivity index (χ2n) is 3.95. The van der Waals surface area contributed by atoms with Gasteiger partial charge in [-0.15, -0.1) is 0 Å². The Morgan fingerprint density at radius 2 is 2.19 bits per heavy atom. The van der Waals surface area contributed by atoms with Crippen molar-refractivity contribution < 1.29 is 5.11 Å². The zero-order valence-electron chi connectivity index (χ0n) is 9.70. The molecule has 2 unspecified atom stereocenters. The molecule has 2 atom stereocenters. The average Bonchev–Trinajstić information content (AvgIpc) is 2.28. The van der Waals surface area contributed by atoms with Gasteiger partial charge in [-0.1, -0.05) is 28.1 Å². The van der Waals surface area contributed by atoms with Crippen LogP contribution in [0.3, 0.4) is 0 Å². The maximum Gasteiger partial charge on any atom is 0.0944 e. The molecule has 0 aliphatic rings. The van der Waals surface area contributed by atoms with E-state index < -0.39 is 6.10 Å². The van der Waals surface area contributed by atoms with Gasteiger partial charge in [0.1, 0.15) is 0 Å². The van der Waals surface area contributed by atoms with Crippen LogP contribution in [0.25, 0.3) is 0 Å². The fourth-order valence-corrected chi connectivity index (χ4v) is 2.03. The summed E-state index contributed by atoms with van der Waals surface area (Å²) in [7, 11) is 1.88. The molecule has 90 valence electrons. The number of benzene rings is 1. The van der Waals surface area contributed by atoms with E-state index in [0.717, 1.165) is 28.6 Å². The van der Waals surface area contributed by atoms with Crippen molar-refractivity contribution in [2.75, 3.05) is 13.6 Å². The molecule has 0 bridgehead atoms. The molecule has 0 spiro atoms. The van der Waals surface area contributed by atoms with Gasteiger partial charge in [-0.05, 0) is 44.1 Å². The molecular formula is C12H19BrN2O. The number of nitrogens with two attached hydrogens (primary N) is 1. The Hall–Kier alpha value is -0.420.